The fourth-order valence-corrected chi connectivity index (χ4v) is 3.14. The first kappa shape index (κ1) is 19.9. The fraction of sp³-hybridized carbons (Fsp3) is 0.217. The Morgan fingerprint density at radius 1 is 1.00 bits per heavy atom. The monoisotopic (exact) mass is 375 g/mol. The van der Waals surface area contributed by atoms with Gasteiger partial charge in [0.15, 0.2) is 5.78 Å². The number of ketones is 1. The second-order valence-electron chi connectivity index (χ2n) is 6.75. The molecule has 1 saturated heterocycles. The number of carbonyl (C=O) groups excluding carboxylic acids is 2. The summed E-state index contributed by atoms with van der Waals surface area (Å²) in [5, 5.41) is 10.8. The molecule has 2 aromatic carbocycles. The zero-order valence-electron chi connectivity index (χ0n) is 15.6. The van der Waals surface area contributed by atoms with E-state index in [4.69, 9.17) is 0 Å². The number of allylic oxidation sites excluding steroid dienone is 2. The van der Waals surface area contributed by atoms with E-state index in [0.29, 0.717) is 18.7 Å². The molecule has 1 aliphatic heterocycles. The van der Waals surface area contributed by atoms with E-state index in [1.165, 1.54) is 11.1 Å². The molecule has 2 aromatic rings. The lowest BCUT2D eigenvalue weighted by Gasteiger charge is -2.31. The summed E-state index contributed by atoms with van der Waals surface area (Å²) in [6.07, 6.45) is 8.06. The molecule has 28 heavy (non-hydrogen) atoms. The Balaban J connectivity index is 1.65. The van der Waals surface area contributed by atoms with Gasteiger partial charge >= 0.3 is 0 Å². The van der Waals surface area contributed by atoms with Crippen molar-refractivity contribution in [3.63, 3.8) is 0 Å². The Bertz CT molecular complexity index is 881. The van der Waals surface area contributed by atoms with Gasteiger partial charge in [0.2, 0.25) is 6.29 Å². The minimum Gasteiger partial charge on any atom is -0.314 e. The van der Waals surface area contributed by atoms with Crippen LogP contribution in [0.5, 0.6) is 0 Å². The average molecular weight is 375 g/mol. The largest absolute Gasteiger partial charge is 0.314 e. The van der Waals surface area contributed by atoms with Crippen LogP contribution in [-0.2, 0) is 11.3 Å². The molecule has 1 heterocycles. The Morgan fingerprint density at radius 3 is 2.46 bits per heavy atom. The Labute approximate surface area is 165 Å². The van der Waals surface area contributed by atoms with Crippen LogP contribution in [0.4, 0.5) is 0 Å². The summed E-state index contributed by atoms with van der Waals surface area (Å²) in [5.74, 6) is -0.0517. The Morgan fingerprint density at radius 2 is 1.71 bits per heavy atom. The van der Waals surface area contributed by atoms with Crippen molar-refractivity contribution in [1.82, 2.24) is 9.96 Å². The van der Waals surface area contributed by atoms with E-state index in [-0.39, 0.29) is 5.78 Å². The van der Waals surface area contributed by atoms with E-state index in [2.05, 4.69) is 4.90 Å². The van der Waals surface area contributed by atoms with Crippen LogP contribution in [0.1, 0.15) is 27.0 Å². The summed E-state index contributed by atoms with van der Waals surface area (Å²) in [5.41, 5.74) is 3.51. The number of benzene rings is 2. The van der Waals surface area contributed by atoms with Gasteiger partial charge in [-0.15, -0.1) is 0 Å². The van der Waals surface area contributed by atoms with Crippen molar-refractivity contribution in [2.75, 3.05) is 26.2 Å². The Kier molecular flexibility index (Phi) is 7.03. The standard InChI is InChI=1S/C23H23N2O3/c26-15-3-7-19-4-1-5-20(16-19)9-10-23(27)22-8-2-6-21(17-22)18-24-11-13-25(28)14-12-24/h1-10,16-17,28H,11-14,18H2/b7-3+,10-9+. The summed E-state index contributed by atoms with van der Waals surface area (Å²) >= 11 is 0. The van der Waals surface area contributed by atoms with E-state index in [1.54, 1.807) is 24.5 Å². The van der Waals surface area contributed by atoms with Gasteiger partial charge in [-0.1, -0.05) is 48.6 Å². The highest BCUT2D eigenvalue weighted by Crippen LogP contribution is 2.13. The lowest BCUT2D eigenvalue weighted by atomic mass is 10.0. The molecule has 0 bridgehead atoms. The second kappa shape index (κ2) is 9.90. The first-order valence-electron chi connectivity index (χ1n) is 9.26. The molecule has 0 aliphatic carbocycles. The molecule has 1 aliphatic rings. The van der Waals surface area contributed by atoms with Crippen LogP contribution < -0.4 is 0 Å². The quantitative estimate of drug-likeness (QED) is 0.595. The number of rotatable bonds is 7. The summed E-state index contributed by atoms with van der Waals surface area (Å²) < 4.78 is 0. The normalized spacial score (nSPS) is 16.0. The molecule has 0 unspecified atom stereocenters. The van der Waals surface area contributed by atoms with Crippen molar-refractivity contribution < 1.29 is 14.8 Å². The van der Waals surface area contributed by atoms with Crippen LogP contribution in [0, 0.1) is 0 Å². The predicted molar refractivity (Wildman–Crippen MR) is 110 cm³/mol. The van der Waals surface area contributed by atoms with Crippen molar-refractivity contribution in [3.05, 3.63) is 82.9 Å². The molecule has 1 fully saturated rings. The maximum Gasteiger partial charge on any atom is 0.225 e. The molecule has 0 aromatic heterocycles. The van der Waals surface area contributed by atoms with Crippen molar-refractivity contribution in [1.29, 1.82) is 0 Å². The van der Waals surface area contributed by atoms with Crippen LogP contribution in [-0.4, -0.2) is 53.4 Å². The van der Waals surface area contributed by atoms with Gasteiger partial charge < -0.3 is 5.21 Å². The Hall–Kier alpha value is -2.86. The van der Waals surface area contributed by atoms with Crippen LogP contribution in [0.15, 0.2) is 60.7 Å². The number of piperazine rings is 1. The third-order valence-electron chi connectivity index (χ3n) is 4.65. The van der Waals surface area contributed by atoms with E-state index < -0.39 is 0 Å². The highest BCUT2D eigenvalue weighted by Gasteiger charge is 2.15. The average Bonchev–Trinajstić information content (AvgIpc) is 2.73. The molecule has 1 N–H and O–H groups in total. The fourth-order valence-electron chi connectivity index (χ4n) is 3.14. The molecule has 5 nitrogen and oxygen atoms in total. The number of hydrogen-bond acceptors (Lipinski definition) is 5. The maximum atomic E-state index is 12.6. The van der Waals surface area contributed by atoms with Gasteiger partial charge in [0.1, 0.15) is 0 Å². The second-order valence-corrected chi connectivity index (χ2v) is 6.75. The topological polar surface area (TPSA) is 60.9 Å². The first-order valence-corrected chi connectivity index (χ1v) is 9.26. The zero-order valence-corrected chi connectivity index (χ0v) is 15.6. The number of carbonyl (C=O) groups is 1. The third kappa shape index (κ3) is 5.82. The summed E-state index contributed by atoms with van der Waals surface area (Å²) in [7, 11) is 0. The molecule has 1 radical (unpaired) electrons. The van der Waals surface area contributed by atoms with E-state index >= 15 is 0 Å². The maximum absolute atomic E-state index is 12.6. The van der Waals surface area contributed by atoms with Gasteiger partial charge in [0.25, 0.3) is 0 Å². The van der Waals surface area contributed by atoms with E-state index in [1.807, 2.05) is 48.5 Å². The van der Waals surface area contributed by atoms with Gasteiger partial charge in [-0.3, -0.25) is 14.5 Å². The molecular weight excluding hydrogens is 352 g/mol. The number of nitrogens with zero attached hydrogens (tertiary/aromatic N) is 2. The van der Waals surface area contributed by atoms with Crippen LogP contribution in [0.25, 0.3) is 12.2 Å². The van der Waals surface area contributed by atoms with Crippen molar-refractivity contribution >= 4 is 24.2 Å². The van der Waals surface area contributed by atoms with E-state index in [9.17, 15) is 14.8 Å². The van der Waals surface area contributed by atoms with Crippen LogP contribution >= 0.6 is 0 Å². The number of hydrogen-bond donors (Lipinski definition) is 1. The SMILES string of the molecule is O=[C]/C=C/c1cccc(/C=C/C(=O)c2cccc(CN3CCN(O)CC3)c2)c1. The molecule has 0 saturated carbocycles. The van der Waals surface area contributed by atoms with Crippen molar-refractivity contribution in [3.8, 4) is 0 Å². The van der Waals surface area contributed by atoms with Gasteiger partial charge in [-0.2, -0.15) is 5.06 Å². The molecule has 143 valence electrons. The van der Waals surface area contributed by atoms with Crippen LogP contribution in [0.3, 0.4) is 0 Å². The smallest absolute Gasteiger partial charge is 0.225 e. The zero-order chi connectivity index (χ0) is 19.8. The highest BCUT2D eigenvalue weighted by molar-refractivity contribution is 6.06. The lowest BCUT2D eigenvalue weighted by molar-refractivity contribution is -0.118. The highest BCUT2D eigenvalue weighted by atomic mass is 16.5. The summed E-state index contributed by atoms with van der Waals surface area (Å²) in [6.45, 7) is 3.66. The minimum absolute atomic E-state index is 0.0517. The summed E-state index contributed by atoms with van der Waals surface area (Å²) in [4.78, 5) is 25.1. The van der Waals surface area contributed by atoms with Gasteiger partial charge in [-0.25, -0.2) is 0 Å². The number of hydroxylamine groups is 2. The molecular formula is C23H23N2O3. The van der Waals surface area contributed by atoms with Crippen molar-refractivity contribution in [2.45, 2.75) is 6.54 Å². The summed E-state index contributed by atoms with van der Waals surface area (Å²) in [6, 6.07) is 15.2. The molecule has 5 heteroatoms. The van der Waals surface area contributed by atoms with Gasteiger partial charge in [-0.05, 0) is 41.0 Å². The lowest BCUT2D eigenvalue weighted by Crippen LogP contribution is -2.44. The molecule has 0 spiro atoms. The molecule has 3 rings (SSSR count). The van der Waals surface area contributed by atoms with Crippen molar-refractivity contribution in [2.24, 2.45) is 0 Å². The first-order chi connectivity index (χ1) is 13.6. The van der Waals surface area contributed by atoms with Gasteiger partial charge in [0, 0.05) is 38.3 Å². The van der Waals surface area contributed by atoms with Gasteiger partial charge in [0.05, 0.1) is 0 Å². The van der Waals surface area contributed by atoms with E-state index in [0.717, 1.165) is 36.3 Å². The minimum atomic E-state index is -0.0517. The third-order valence-corrected chi connectivity index (χ3v) is 4.65. The predicted octanol–water partition coefficient (Wildman–Crippen LogP) is 3.21. The molecule has 0 amide bonds. The van der Waals surface area contributed by atoms with Crippen LogP contribution in [0.2, 0.25) is 0 Å². The molecule has 0 atom stereocenters.